The van der Waals surface area contributed by atoms with E-state index in [1.165, 1.54) is 6.42 Å². The van der Waals surface area contributed by atoms with E-state index < -0.39 is 0 Å². The molecule has 2 rings (SSSR count). The SMILES string of the molecule is CNCC1CCCCN1C(=O)c1ccc(OC)cc1. The van der Waals surface area contributed by atoms with Crippen LogP contribution in [0.15, 0.2) is 24.3 Å². The van der Waals surface area contributed by atoms with Crippen LogP contribution in [0.4, 0.5) is 0 Å². The molecule has 1 aromatic carbocycles. The monoisotopic (exact) mass is 262 g/mol. The van der Waals surface area contributed by atoms with Gasteiger partial charge in [-0.15, -0.1) is 0 Å². The first-order valence-corrected chi connectivity index (χ1v) is 6.86. The molecular weight excluding hydrogens is 240 g/mol. The van der Waals surface area contributed by atoms with E-state index in [2.05, 4.69) is 5.32 Å². The molecule has 1 aliphatic heterocycles. The topological polar surface area (TPSA) is 41.6 Å². The summed E-state index contributed by atoms with van der Waals surface area (Å²) in [6.45, 7) is 1.72. The molecule has 1 N–H and O–H groups in total. The van der Waals surface area contributed by atoms with Crippen molar-refractivity contribution in [1.82, 2.24) is 10.2 Å². The van der Waals surface area contributed by atoms with Crippen LogP contribution in [0.25, 0.3) is 0 Å². The normalized spacial score (nSPS) is 19.3. The Labute approximate surface area is 114 Å². The summed E-state index contributed by atoms with van der Waals surface area (Å²) in [7, 11) is 3.56. The summed E-state index contributed by atoms with van der Waals surface area (Å²) in [6.07, 6.45) is 3.39. The Morgan fingerprint density at radius 3 is 2.74 bits per heavy atom. The van der Waals surface area contributed by atoms with E-state index >= 15 is 0 Å². The Morgan fingerprint density at radius 2 is 2.11 bits per heavy atom. The molecule has 1 aromatic rings. The number of hydrogen-bond donors (Lipinski definition) is 1. The van der Waals surface area contributed by atoms with E-state index in [0.29, 0.717) is 6.04 Å². The number of carbonyl (C=O) groups is 1. The van der Waals surface area contributed by atoms with Crippen LogP contribution < -0.4 is 10.1 Å². The van der Waals surface area contributed by atoms with Crippen molar-refractivity contribution in [3.8, 4) is 5.75 Å². The van der Waals surface area contributed by atoms with Crippen LogP contribution in [0.3, 0.4) is 0 Å². The lowest BCUT2D eigenvalue weighted by Gasteiger charge is -2.35. The van der Waals surface area contributed by atoms with E-state index in [0.717, 1.165) is 37.2 Å². The minimum absolute atomic E-state index is 0.127. The minimum atomic E-state index is 0.127. The Bertz CT molecular complexity index is 415. The predicted octanol–water partition coefficient (Wildman–Crippen LogP) is 1.91. The first-order valence-electron chi connectivity index (χ1n) is 6.86. The number of likely N-dealkylation sites (N-methyl/N-ethyl adjacent to an activating group) is 1. The second-order valence-electron chi connectivity index (χ2n) is 4.93. The fraction of sp³-hybridized carbons (Fsp3) is 0.533. The van der Waals surface area contributed by atoms with Crippen LogP contribution in [0.1, 0.15) is 29.6 Å². The minimum Gasteiger partial charge on any atom is -0.497 e. The van der Waals surface area contributed by atoms with Gasteiger partial charge in [0.1, 0.15) is 5.75 Å². The average Bonchev–Trinajstić information content (AvgIpc) is 2.47. The molecule has 1 unspecified atom stereocenters. The molecule has 19 heavy (non-hydrogen) atoms. The highest BCUT2D eigenvalue weighted by Crippen LogP contribution is 2.20. The first kappa shape index (κ1) is 13.9. The zero-order valence-corrected chi connectivity index (χ0v) is 11.7. The summed E-state index contributed by atoms with van der Waals surface area (Å²) in [4.78, 5) is 14.5. The number of hydrogen-bond acceptors (Lipinski definition) is 3. The third-order valence-corrected chi connectivity index (χ3v) is 3.66. The van der Waals surface area contributed by atoms with Crippen molar-refractivity contribution in [1.29, 1.82) is 0 Å². The van der Waals surface area contributed by atoms with Gasteiger partial charge in [-0.25, -0.2) is 0 Å². The zero-order valence-electron chi connectivity index (χ0n) is 11.7. The van der Waals surface area contributed by atoms with Crippen LogP contribution in [-0.2, 0) is 0 Å². The van der Waals surface area contributed by atoms with Crippen LogP contribution >= 0.6 is 0 Å². The van der Waals surface area contributed by atoms with Gasteiger partial charge in [0.05, 0.1) is 7.11 Å². The first-order chi connectivity index (χ1) is 9.26. The van der Waals surface area contributed by atoms with Gasteiger partial charge in [0.15, 0.2) is 0 Å². The second kappa shape index (κ2) is 6.57. The van der Waals surface area contributed by atoms with Gasteiger partial charge in [0, 0.05) is 24.7 Å². The van der Waals surface area contributed by atoms with Crippen molar-refractivity contribution in [2.45, 2.75) is 25.3 Å². The van der Waals surface area contributed by atoms with Gasteiger partial charge >= 0.3 is 0 Å². The van der Waals surface area contributed by atoms with Crippen LogP contribution in [0.2, 0.25) is 0 Å². The van der Waals surface area contributed by atoms with E-state index in [4.69, 9.17) is 4.74 Å². The van der Waals surface area contributed by atoms with Crippen LogP contribution in [-0.4, -0.2) is 44.1 Å². The number of carbonyl (C=O) groups excluding carboxylic acids is 1. The lowest BCUT2D eigenvalue weighted by molar-refractivity contribution is 0.0615. The van der Waals surface area contributed by atoms with Gasteiger partial charge in [-0.2, -0.15) is 0 Å². The molecule has 0 aromatic heterocycles. The van der Waals surface area contributed by atoms with Gasteiger partial charge in [-0.3, -0.25) is 4.79 Å². The summed E-state index contributed by atoms with van der Waals surface area (Å²) in [5.74, 6) is 0.907. The number of likely N-dealkylation sites (tertiary alicyclic amines) is 1. The quantitative estimate of drug-likeness (QED) is 0.901. The van der Waals surface area contributed by atoms with Crippen molar-refractivity contribution >= 4 is 5.91 Å². The lowest BCUT2D eigenvalue weighted by atomic mass is 10.0. The van der Waals surface area contributed by atoms with Gasteiger partial charge in [0.2, 0.25) is 0 Å². The van der Waals surface area contributed by atoms with Gasteiger partial charge in [-0.1, -0.05) is 0 Å². The molecular formula is C15H22N2O2. The number of amides is 1. The molecule has 1 fully saturated rings. The summed E-state index contributed by atoms with van der Waals surface area (Å²) >= 11 is 0. The van der Waals surface area contributed by atoms with E-state index in [9.17, 15) is 4.79 Å². The molecule has 4 heteroatoms. The molecule has 0 radical (unpaired) electrons. The van der Waals surface area contributed by atoms with Crippen molar-refractivity contribution < 1.29 is 9.53 Å². The maximum atomic E-state index is 12.5. The van der Waals surface area contributed by atoms with E-state index in [-0.39, 0.29) is 5.91 Å². The molecule has 1 saturated heterocycles. The molecule has 1 aliphatic rings. The maximum absolute atomic E-state index is 12.5. The van der Waals surface area contributed by atoms with Gasteiger partial charge < -0.3 is 15.0 Å². The maximum Gasteiger partial charge on any atom is 0.254 e. The average molecular weight is 262 g/mol. The van der Waals surface area contributed by atoms with E-state index in [1.54, 1.807) is 7.11 Å². The van der Waals surface area contributed by atoms with Crippen molar-refractivity contribution in [3.05, 3.63) is 29.8 Å². The molecule has 1 atom stereocenters. The Hall–Kier alpha value is -1.55. The molecule has 0 bridgehead atoms. The third-order valence-electron chi connectivity index (χ3n) is 3.66. The molecule has 0 aliphatic carbocycles. The fourth-order valence-corrected chi connectivity index (χ4v) is 2.62. The number of nitrogens with one attached hydrogen (secondary N) is 1. The zero-order chi connectivity index (χ0) is 13.7. The highest BCUT2D eigenvalue weighted by atomic mass is 16.5. The van der Waals surface area contributed by atoms with Crippen molar-refractivity contribution in [3.63, 3.8) is 0 Å². The molecule has 4 nitrogen and oxygen atoms in total. The summed E-state index contributed by atoms with van der Waals surface area (Å²) < 4.78 is 5.12. The second-order valence-corrected chi connectivity index (χ2v) is 4.93. The van der Waals surface area contributed by atoms with Crippen LogP contribution in [0.5, 0.6) is 5.75 Å². The molecule has 0 saturated carbocycles. The molecule has 1 heterocycles. The largest absolute Gasteiger partial charge is 0.497 e. The Morgan fingerprint density at radius 1 is 1.37 bits per heavy atom. The number of rotatable bonds is 4. The number of piperidine rings is 1. The summed E-state index contributed by atoms with van der Waals surface area (Å²) in [5.41, 5.74) is 0.740. The summed E-state index contributed by atoms with van der Waals surface area (Å²) in [5, 5.41) is 3.18. The highest BCUT2D eigenvalue weighted by Gasteiger charge is 2.26. The lowest BCUT2D eigenvalue weighted by Crippen LogP contribution is -2.48. The smallest absolute Gasteiger partial charge is 0.254 e. The molecule has 1 amide bonds. The number of benzene rings is 1. The number of ether oxygens (including phenoxy) is 1. The Balaban J connectivity index is 2.11. The van der Waals surface area contributed by atoms with Crippen molar-refractivity contribution in [2.24, 2.45) is 0 Å². The Kier molecular flexibility index (Phi) is 4.80. The third kappa shape index (κ3) is 3.26. The molecule has 0 spiro atoms. The predicted molar refractivity (Wildman–Crippen MR) is 75.6 cm³/mol. The van der Waals surface area contributed by atoms with E-state index in [1.807, 2.05) is 36.2 Å². The van der Waals surface area contributed by atoms with Crippen LogP contribution in [0, 0.1) is 0 Å². The summed E-state index contributed by atoms with van der Waals surface area (Å²) in [6, 6.07) is 7.67. The fourth-order valence-electron chi connectivity index (χ4n) is 2.62. The standard InChI is InChI=1S/C15H22N2O2/c1-16-11-13-5-3-4-10-17(13)15(18)12-6-8-14(19-2)9-7-12/h6-9,13,16H,3-5,10-11H2,1-2H3. The van der Waals surface area contributed by atoms with Crippen molar-refractivity contribution in [2.75, 3.05) is 27.2 Å². The molecule has 104 valence electrons. The van der Waals surface area contributed by atoms with Gasteiger partial charge in [0.25, 0.3) is 5.91 Å². The highest BCUT2D eigenvalue weighted by molar-refractivity contribution is 5.94. The number of methoxy groups -OCH3 is 1. The number of nitrogens with zero attached hydrogens (tertiary/aromatic N) is 1. The van der Waals surface area contributed by atoms with Gasteiger partial charge in [-0.05, 0) is 50.6 Å².